The number of benzene rings is 3. The summed E-state index contributed by atoms with van der Waals surface area (Å²) in [5.74, 6) is -1.13. The largest absolute Gasteiger partial charge is 0.304 e. The molecule has 0 saturated heterocycles. The van der Waals surface area contributed by atoms with Crippen molar-refractivity contribution in [3.05, 3.63) is 93.7 Å². The summed E-state index contributed by atoms with van der Waals surface area (Å²) in [5.41, 5.74) is 1.73. The number of rotatable bonds is 3. The van der Waals surface area contributed by atoms with Crippen molar-refractivity contribution in [1.29, 1.82) is 0 Å². The fourth-order valence-electron chi connectivity index (χ4n) is 3.58. The lowest BCUT2D eigenvalue weighted by atomic mass is 10.0. The van der Waals surface area contributed by atoms with E-state index in [0.29, 0.717) is 22.0 Å². The lowest BCUT2D eigenvalue weighted by Gasteiger charge is -2.40. The van der Waals surface area contributed by atoms with E-state index < -0.39 is 11.9 Å². The van der Waals surface area contributed by atoms with E-state index in [1.807, 2.05) is 0 Å². The topological polar surface area (TPSA) is 40.6 Å². The lowest BCUT2D eigenvalue weighted by Crippen LogP contribution is -2.54. The summed E-state index contributed by atoms with van der Waals surface area (Å²) in [6.45, 7) is 1.62. The van der Waals surface area contributed by atoms with E-state index >= 15 is 0 Å². The van der Waals surface area contributed by atoms with Gasteiger partial charge in [0, 0.05) is 21.2 Å². The van der Waals surface area contributed by atoms with Crippen LogP contribution in [-0.4, -0.2) is 17.9 Å². The number of halogens is 3. The standard InChI is InChI=1S/C23H17Cl2FN2O2/c1-14-22(29)27(13-17-18(25)5-4-6-19(17)26)20-7-2-3-8-21(20)28(14)23(30)15-9-11-16(24)12-10-15/h2-12,14H,13H2,1H3. The third-order valence-electron chi connectivity index (χ3n) is 5.13. The molecule has 0 spiro atoms. The molecule has 0 saturated carbocycles. The number of para-hydroxylation sites is 2. The Morgan fingerprint density at radius 1 is 0.967 bits per heavy atom. The van der Waals surface area contributed by atoms with Gasteiger partial charge in [-0.1, -0.05) is 41.4 Å². The molecule has 0 radical (unpaired) electrons. The number of anilines is 2. The average Bonchev–Trinajstić information content (AvgIpc) is 2.74. The van der Waals surface area contributed by atoms with Crippen LogP contribution in [0.4, 0.5) is 15.8 Å². The van der Waals surface area contributed by atoms with E-state index in [-0.39, 0.29) is 28.9 Å². The maximum Gasteiger partial charge on any atom is 0.259 e. The molecule has 1 aliphatic rings. The maximum absolute atomic E-state index is 14.4. The van der Waals surface area contributed by atoms with Gasteiger partial charge in [-0.15, -0.1) is 0 Å². The quantitative estimate of drug-likeness (QED) is 0.520. The molecule has 0 aliphatic carbocycles. The van der Waals surface area contributed by atoms with Gasteiger partial charge >= 0.3 is 0 Å². The summed E-state index contributed by atoms with van der Waals surface area (Å²) in [5, 5.41) is 0.760. The number of amides is 2. The zero-order valence-corrected chi connectivity index (χ0v) is 17.5. The number of hydrogen-bond acceptors (Lipinski definition) is 2. The van der Waals surface area contributed by atoms with Gasteiger partial charge < -0.3 is 4.90 Å². The average molecular weight is 443 g/mol. The molecule has 7 heteroatoms. The van der Waals surface area contributed by atoms with E-state index in [1.165, 1.54) is 21.9 Å². The van der Waals surface area contributed by atoms with E-state index in [1.54, 1.807) is 61.5 Å². The van der Waals surface area contributed by atoms with Crippen LogP contribution in [0, 0.1) is 5.82 Å². The van der Waals surface area contributed by atoms with Crippen molar-refractivity contribution in [3.8, 4) is 0 Å². The van der Waals surface area contributed by atoms with Gasteiger partial charge in [0.15, 0.2) is 0 Å². The van der Waals surface area contributed by atoms with Crippen LogP contribution in [0.5, 0.6) is 0 Å². The second kappa shape index (κ2) is 8.09. The molecule has 30 heavy (non-hydrogen) atoms. The Labute approximate surface area is 183 Å². The van der Waals surface area contributed by atoms with Gasteiger partial charge in [-0.25, -0.2) is 4.39 Å². The molecule has 3 aromatic carbocycles. The zero-order valence-electron chi connectivity index (χ0n) is 16.0. The van der Waals surface area contributed by atoms with Gasteiger partial charge in [0.1, 0.15) is 11.9 Å². The molecule has 1 heterocycles. The third-order valence-corrected chi connectivity index (χ3v) is 5.74. The Hall–Kier alpha value is -2.89. The number of carbonyl (C=O) groups excluding carboxylic acids is 2. The molecule has 0 bridgehead atoms. The summed E-state index contributed by atoms with van der Waals surface area (Å²) >= 11 is 12.1. The van der Waals surface area contributed by atoms with E-state index in [0.717, 1.165) is 0 Å². The minimum absolute atomic E-state index is 0.0331. The lowest BCUT2D eigenvalue weighted by molar-refractivity contribution is -0.119. The predicted molar refractivity (Wildman–Crippen MR) is 117 cm³/mol. The van der Waals surface area contributed by atoms with Gasteiger partial charge in [0.05, 0.1) is 17.9 Å². The fraction of sp³-hybridized carbons (Fsp3) is 0.130. The van der Waals surface area contributed by atoms with Crippen LogP contribution >= 0.6 is 23.2 Å². The molecular weight excluding hydrogens is 426 g/mol. The van der Waals surface area contributed by atoms with Gasteiger partial charge in [0.25, 0.3) is 5.91 Å². The second-order valence-electron chi connectivity index (χ2n) is 6.97. The van der Waals surface area contributed by atoms with Crippen molar-refractivity contribution in [3.63, 3.8) is 0 Å². The minimum atomic E-state index is -0.784. The summed E-state index contributed by atoms with van der Waals surface area (Å²) in [7, 11) is 0. The zero-order chi connectivity index (χ0) is 21.4. The summed E-state index contributed by atoms with van der Waals surface area (Å²) in [4.78, 5) is 29.4. The molecule has 4 nitrogen and oxygen atoms in total. The Kier molecular flexibility index (Phi) is 5.50. The SMILES string of the molecule is CC1C(=O)N(Cc2c(F)cccc2Cl)c2ccccc2N1C(=O)c1ccc(Cl)cc1. The molecule has 1 unspecified atom stereocenters. The first-order valence-electron chi connectivity index (χ1n) is 9.31. The minimum Gasteiger partial charge on any atom is -0.304 e. The van der Waals surface area contributed by atoms with Gasteiger partial charge in [-0.3, -0.25) is 14.5 Å². The smallest absolute Gasteiger partial charge is 0.259 e. The number of nitrogens with zero attached hydrogens (tertiary/aromatic N) is 2. The third kappa shape index (κ3) is 3.55. The van der Waals surface area contributed by atoms with Crippen LogP contribution in [0.3, 0.4) is 0 Å². The van der Waals surface area contributed by atoms with Crippen molar-refractivity contribution in [2.75, 3.05) is 9.80 Å². The number of fused-ring (bicyclic) bond motifs is 1. The summed E-state index contributed by atoms with van der Waals surface area (Å²) in [6, 6.07) is 17.2. The predicted octanol–water partition coefficient (Wildman–Crippen LogP) is 5.71. The maximum atomic E-state index is 14.4. The molecule has 0 N–H and O–H groups in total. The van der Waals surface area contributed by atoms with Crippen molar-refractivity contribution in [2.45, 2.75) is 19.5 Å². The van der Waals surface area contributed by atoms with Crippen LogP contribution in [-0.2, 0) is 11.3 Å². The first-order valence-corrected chi connectivity index (χ1v) is 10.1. The highest BCUT2D eigenvalue weighted by molar-refractivity contribution is 6.31. The van der Waals surface area contributed by atoms with Crippen LogP contribution < -0.4 is 9.80 Å². The molecule has 3 aromatic rings. The summed E-state index contributed by atoms with van der Waals surface area (Å²) in [6.07, 6.45) is 0. The molecule has 4 rings (SSSR count). The molecular formula is C23H17Cl2FN2O2. The van der Waals surface area contributed by atoms with E-state index in [4.69, 9.17) is 23.2 Å². The fourth-order valence-corrected chi connectivity index (χ4v) is 3.93. The molecule has 152 valence electrons. The van der Waals surface area contributed by atoms with E-state index in [2.05, 4.69) is 0 Å². The molecule has 2 amide bonds. The van der Waals surface area contributed by atoms with Crippen molar-refractivity contribution >= 4 is 46.4 Å². The highest BCUT2D eigenvalue weighted by Gasteiger charge is 2.39. The Bertz CT molecular complexity index is 1110. The normalized spacial score (nSPS) is 15.9. The highest BCUT2D eigenvalue weighted by atomic mass is 35.5. The Morgan fingerprint density at radius 2 is 1.63 bits per heavy atom. The first-order chi connectivity index (χ1) is 14.4. The monoisotopic (exact) mass is 442 g/mol. The first kappa shape index (κ1) is 20.4. The molecule has 1 atom stereocenters. The van der Waals surface area contributed by atoms with Crippen molar-refractivity contribution in [2.24, 2.45) is 0 Å². The highest BCUT2D eigenvalue weighted by Crippen LogP contribution is 2.38. The Morgan fingerprint density at radius 3 is 2.30 bits per heavy atom. The van der Waals surface area contributed by atoms with Crippen molar-refractivity contribution < 1.29 is 14.0 Å². The molecule has 0 aromatic heterocycles. The molecule has 1 aliphatic heterocycles. The van der Waals surface area contributed by atoms with E-state index in [9.17, 15) is 14.0 Å². The second-order valence-corrected chi connectivity index (χ2v) is 7.81. The van der Waals surface area contributed by atoms with Crippen LogP contribution in [0.25, 0.3) is 0 Å². The van der Waals surface area contributed by atoms with Crippen molar-refractivity contribution in [1.82, 2.24) is 0 Å². The van der Waals surface area contributed by atoms with Gasteiger partial charge in [0.2, 0.25) is 5.91 Å². The Balaban J connectivity index is 1.77. The number of hydrogen-bond donors (Lipinski definition) is 0. The summed E-state index contributed by atoms with van der Waals surface area (Å²) < 4.78 is 14.4. The van der Waals surface area contributed by atoms with Gasteiger partial charge in [-0.2, -0.15) is 0 Å². The van der Waals surface area contributed by atoms with Crippen LogP contribution in [0.1, 0.15) is 22.8 Å². The molecule has 0 fully saturated rings. The van der Waals surface area contributed by atoms with Crippen LogP contribution in [0.15, 0.2) is 66.7 Å². The van der Waals surface area contributed by atoms with Gasteiger partial charge in [-0.05, 0) is 55.5 Å². The van der Waals surface area contributed by atoms with Crippen LogP contribution in [0.2, 0.25) is 10.0 Å². The number of carbonyl (C=O) groups is 2.